The number of nitrogens with zero attached hydrogens (tertiary/aromatic N) is 1. The Morgan fingerprint density at radius 1 is 1.33 bits per heavy atom. The molecule has 1 aromatic heterocycles. The van der Waals surface area contributed by atoms with Gasteiger partial charge in [0.15, 0.2) is 0 Å². The Morgan fingerprint density at radius 2 is 2.14 bits per heavy atom. The Morgan fingerprint density at radius 3 is 2.86 bits per heavy atom. The minimum Gasteiger partial charge on any atom is -0.392 e. The van der Waals surface area contributed by atoms with Crippen LogP contribution in [0.2, 0.25) is 0 Å². The molecule has 4 nitrogen and oxygen atoms in total. The van der Waals surface area contributed by atoms with Gasteiger partial charge in [-0.2, -0.15) is 0 Å². The van der Waals surface area contributed by atoms with Crippen molar-refractivity contribution in [2.24, 2.45) is 5.41 Å². The number of hydrogen-bond donors (Lipinski definition) is 2. The van der Waals surface area contributed by atoms with Crippen molar-refractivity contribution >= 4 is 16.8 Å². The largest absolute Gasteiger partial charge is 0.392 e. The van der Waals surface area contributed by atoms with Crippen LogP contribution in [0.1, 0.15) is 36.0 Å². The number of nitrogens with one attached hydrogen (secondary N) is 1. The summed E-state index contributed by atoms with van der Waals surface area (Å²) in [5.41, 5.74) is 1.44. The zero-order valence-corrected chi connectivity index (χ0v) is 11.7. The molecule has 4 heteroatoms. The summed E-state index contributed by atoms with van der Waals surface area (Å²) in [6.07, 6.45) is 5.25. The monoisotopic (exact) mass is 282 g/mol. The summed E-state index contributed by atoms with van der Waals surface area (Å²) < 4.78 is 0. The Labute approximate surface area is 123 Å². The van der Waals surface area contributed by atoms with Gasteiger partial charge in [0.1, 0.15) is 0 Å². The maximum absolute atomic E-state index is 12.4. The van der Waals surface area contributed by atoms with Gasteiger partial charge in [0.25, 0.3) is 5.91 Å². The Kier molecular flexibility index (Phi) is 2.76. The predicted molar refractivity (Wildman–Crippen MR) is 79.9 cm³/mol. The van der Waals surface area contributed by atoms with Gasteiger partial charge in [-0.1, -0.05) is 24.6 Å². The van der Waals surface area contributed by atoms with E-state index in [9.17, 15) is 9.90 Å². The number of benzene rings is 1. The number of para-hydroxylation sites is 1. The molecule has 1 amide bonds. The summed E-state index contributed by atoms with van der Waals surface area (Å²) in [4.78, 5) is 16.7. The van der Waals surface area contributed by atoms with Gasteiger partial charge in [0.2, 0.25) is 0 Å². The average molecular weight is 282 g/mol. The average Bonchev–Trinajstić information content (AvgIpc) is 2.44. The van der Waals surface area contributed by atoms with Gasteiger partial charge >= 0.3 is 0 Å². The molecule has 0 radical (unpaired) electrons. The summed E-state index contributed by atoms with van der Waals surface area (Å²) in [5.74, 6) is -0.0866. The van der Waals surface area contributed by atoms with Crippen molar-refractivity contribution in [3.05, 3.63) is 42.1 Å². The smallest absolute Gasteiger partial charge is 0.253 e. The summed E-state index contributed by atoms with van der Waals surface area (Å²) in [6, 6.07) is 9.76. The molecule has 2 aromatic rings. The number of rotatable bonds is 2. The van der Waals surface area contributed by atoms with Crippen LogP contribution in [0.4, 0.5) is 0 Å². The molecule has 1 spiro atoms. The number of carbonyl (C=O) groups excluding carboxylic acids is 1. The van der Waals surface area contributed by atoms with Crippen molar-refractivity contribution < 1.29 is 9.90 Å². The van der Waals surface area contributed by atoms with E-state index in [1.807, 2.05) is 30.3 Å². The molecule has 4 rings (SSSR count). The van der Waals surface area contributed by atoms with E-state index in [0.29, 0.717) is 12.0 Å². The summed E-state index contributed by atoms with van der Waals surface area (Å²) in [5, 5.41) is 14.0. The van der Waals surface area contributed by atoms with Crippen LogP contribution in [0.5, 0.6) is 0 Å². The molecule has 2 atom stereocenters. The second-order valence-corrected chi connectivity index (χ2v) is 6.28. The fourth-order valence-corrected chi connectivity index (χ4v) is 3.67. The zero-order valence-electron chi connectivity index (χ0n) is 11.7. The van der Waals surface area contributed by atoms with Crippen LogP contribution < -0.4 is 5.32 Å². The van der Waals surface area contributed by atoms with Crippen molar-refractivity contribution in [1.82, 2.24) is 10.3 Å². The van der Waals surface area contributed by atoms with E-state index in [1.165, 1.54) is 0 Å². The molecule has 0 saturated heterocycles. The molecular weight excluding hydrogens is 264 g/mol. The molecule has 2 fully saturated rings. The van der Waals surface area contributed by atoms with Gasteiger partial charge in [-0.15, -0.1) is 0 Å². The van der Waals surface area contributed by atoms with Crippen LogP contribution in [0.25, 0.3) is 10.9 Å². The van der Waals surface area contributed by atoms with Gasteiger partial charge in [0, 0.05) is 23.0 Å². The molecule has 21 heavy (non-hydrogen) atoms. The molecule has 0 bridgehead atoms. The first-order valence-corrected chi connectivity index (χ1v) is 7.53. The van der Waals surface area contributed by atoms with Crippen LogP contribution in [-0.4, -0.2) is 28.1 Å². The lowest BCUT2D eigenvalue weighted by Gasteiger charge is -2.59. The molecule has 108 valence electrons. The fourth-order valence-electron chi connectivity index (χ4n) is 3.67. The third-order valence-corrected chi connectivity index (χ3v) is 5.26. The lowest BCUT2D eigenvalue weighted by molar-refractivity contribution is -0.141. The number of aliphatic hydroxyl groups is 1. The van der Waals surface area contributed by atoms with Gasteiger partial charge in [-0.05, 0) is 31.4 Å². The van der Waals surface area contributed by atoms with Crippen LogP contribution in [0.3, 0.4) is 0 Å². The van der Waals surface area contributed by atoms with Gasteiger partial charge < -0.3 is 10.4 Å². The molecular formula is C17H18N2O2. The minimum atomic E-state index is -0.244. The highest BCUT2D eigenvalue weighted by Gasteiger charge is 2.58. The topological polar surface area (TPSA) is 62.2 Å². The zero-order chi connectivity index (χ0) is 14.4. The third kappa shape index (κ3) is 1.86. The second-order valence-electron chi connectivity index (χ2n) is 6.28. The summed E-state index contributed by atoms with van der Waals surface area (Å²) in [7, 11) is 0. The Bertz CT molecular complexity index is 709. The standard InChI is InChI=1S/C17H18N2O2/c20-15-9-14(17(15)6-3-7-17)19-16(21)12-8-11-4-1-2-5-13(11)18-10-12/h1-2,4-5,8,10,14-15,20H,3,6-7,9H2,(H,19,21). The molecule has 2 saturated carbocycles. The molecule has 2 N–H and O–H groups in total. The van der Waals surface area contributed by atoms with Crippen LogP contribution in [0.15, 0.2) is 36.5 Å². The van der Waals surface area contributed by atoms with E-state index in [0.717, 1.165) is 30.2 Å². The number of aromatic nitrogens is 1. The highest BCUT2D eigenvalue weighted by atomic mass is 16.3. The van der Waals surface area contributed by atoms with E-state index >= 15 is 0 Å². The van der Waals surface area contributed by atoms with E-state index in [-0.39, 0.29) is 23.5 Å². The first-order chi connectivity index (χ1) is 10.2. The van der Waals surface area contributed by atoms with Gasteiger partial charge in [-0.3, -0.25) is 9.78 Å². The molecule has 2 aliphatic rings. The Hall–Kier alpha value is -1.94. The van der Waals surface area contributed by atoms with Gasteiger partial charge in [0.05, 0.1) is 17.2 Å². The first kappa shape index (κ1) is 12.8. The third-order valence-electron chi connectivity index (χ3n) is 5.26. The maximum Gasteiger partial charge on any atom is 0.253 e. The second kappa shape index (κ2) is 4.53. The quantitative estimate of drug-likeness (QED) is 0.888. The molecule has 2 unspecified atom stereocenters. The molecule has 2 aliphatic carbocycles. The van der Waals surface area contributed by atoms with Gasteiger partial charge in [-0.25, -0.2) is 0 Å². The SMILES string of the molecule is O=C(NC1CC(O)C12CCC2)c1cnc2ccccc2c1. The van der Waals surface area contributed by atoms with Crippen LogP contribution >= 0.6 is 0 Å². The van der Waals surface area contributed by atoms with Crippen molar-refractivity contribution in [3.63, 3.8) is 0 Å². The number of amides is 1. The predicted octanol–water partition coefficient (Wildman–Crippen LogP) is 2.27. The van der Waals surface area contributed by atoms with Crippen molar-refractivity contribution in [3.8, 4) is 0 Å². The first-order valence-electron chi connectivity index (χ1n) is 7.53. The maximum atomic E-state index is 12.4. The van der Waals surface area contributed by atoms with E-state index in [2.05, 4.69) is 10.3 Å². The van der Waals surface area contributed by atoms with Crippen molar-refractivity contribution in [2.45, 2.75) is 37.8 Å². The van der Waals surface area contributed by atoms with E-state index in [1.54, 1.807) is 6.20 Å². The lowest BCUT2D eigenvalue weighted by atomic mass is 9.51. The van der Waals surface area contributed by atoms with E-state index < -0.39 is 0 Å². The Balaban J connectivity index is 1.54. The number of pyridine rings is 1. The molecule has 1 aromatic carbocycles. The normalized spacial score (nSPS) is 26.1. The molecule has 0 aliphatic heterocycles. The molecule has 1 heterocycles. The minimum absolute atomic E-state index is 0.0417. The number of hydrogen-bond acceptors (Lipinski definition) is 3. The van der Waals surface area contributed by atoms with Crippen LogP contribution in [0, 0.1) is 5.41 Å². The summed E-state index contributed by atoms with van der Waals surface area (Å²) >= 11 is 0. The summed E-state index contributed by atoms with van der Waals surface area (Å²) in [6.45, 7) is 0. The number of carbonyl (C=O) groups is 1. The highest BCUT2D eigenvalue weighted by molar-refractivity contribution is 5.97. The number of fused-ring (bicyclic) bond motifs is 1. The van der Waals surface area contributed by atoms with Crippen molar-refractivity contribution in [2.75, 3.05) is 0 Å². The van der Waals surface area contributed by atoms with Crippen LogP contribution in [-0.2, 0) is 0 Å². The van der Waals surface area contributed by atoms with E-state index in [4.69, 9.17) is 0 Å². The number of aliphatic hydroxyl groups excluding tert-OH is 1. The lowest BCUT2D eigenvalue weighted by Crippen LogP contribution is -2.66. The highest BCUT2D eigenvalue weighted by Crippen LogP contribution is 2.55. The fraction of sp³-hybridized carbons (Fsp3) is 0.412. The van der Waals surface area contributed by atoms with Crippen molar-refractivity contribution in [1.29, 1.82) is 0 Å².